The molecule has 0 aliphatic carbocycles. The number of carbonyl (C=O) groups is 2. The number of allylic oxidation sites excluding steroid dienone is 1. The Labute approximate surface area is 164 Å². The van der Waals surface area contributed by atoms with E-state index in [1.807, 2.05) is 13.0 Å². The first kappa shape index (κ1) is 20.3. The normalized spacial score (nSPS) is 15.9. The largest absolute Gasteiger partial charge is 0.346 e. The second-order valence-electron chi connectivity index (χ2n) is 5.79. The molecule has 0 unspecified atom stereocenters. The van der Waals surface area contributed by atoms with Crippen LogP contribution in [0.2, 0.25) is 0 Å². The van der Waals surface area contributed by atoms with Crippen LogP contribution in [0.25, 0.3) is 0 Å². The summed E-state index contributed by atoms with van der Waals surface area (Å²) in [6.45, 7) is 2.05. The van der Waals surface area contributed by atoms with Gasteiger partial charge in [0.05, 0.1) is 12.0 Å². The lowest BCUT2D eigenvalue weighted by Crippen LogP contribution is -2.09. The summed E-state index contributed by atoms with van der Waals surface area (Å²) in [7, 11) is 0. The van der Waals surface area contributed by atoms with Crippen LogP contribution in [0.15, 0.2) is 45.9 Å². The van der Waals surface area contributed by atoms with Crippen LogP contribution >= 0.6 is 11.8 Å². The fraction of sp³-hybridized carbons (Fsp3) is 0.250. The molecule has 0 saturated heterocycles. The molecule has 0 fully saturated rings. The van der Waals surface area contributed by atoms with Crippen LogP contribution in [0.4, 0.5) is 10.5 Å². The summed E-state index contributed by atoms with van der Waals surface area (Å²) in [5, 5.41) is 11.0. The van der Waals surface area contributed by atoms with Gasteiger partial charge < -0.3 is 5.32 Å². The summed E-state index contributed by atoms with van der Waals surface area (Å²) in [6.07, 6.45) is 10.3. The Morgan fingerprint density at radius 1 is 1.44 bits per heavy atom. The highest BCUT2D eigenvalue weighted by Crippen LogP contribution is 2.21. The van der Waals surface area contributed by atoms with E-state index in [0.717, 1.165) is 18.4 Å². The second kappa shape index (κ2) is 10.2. The number of carbonyl (C=O) groups excluding carboxylic acids is 2. The van der Waals surface area contributed by atoms with E-state index < -0.39 is 6.03 Å². The van der Waals surface area contributed by atoms with Crippen molar-refractivity contribution in [2.45, 2.75) is 26.2 Å². The van der Waals surface area contributed by atoms with Crippen LogP contribution in [-0.4, -0.2) is 34.7 Å². The van der Waals surface area contributed by atoms with Gasteiger partial charge >= 0.3 is 6.03 Å². The summed E-state index contributed by atoms with van der Waals surface area (Å²) < 4.78 is 0. The Morgan fingerprint density at radius 2 is 2.19 bits per heavy atom. The van der Waals surface area contributed by atoms with Crippen LogP contribution in [0.5, 0.6) is 0 Å². The molecule has 1 aromatic carbocycles. The zero-order chi connectivity index (χ0) is 19.6. The van der Waals surface area contributed by atoms with Gasteiger partial charge in [-0.2, -0.15) is 4.99 Å². The van der Waals surface area contributed by atoms with Crippen molar-refractivity contribution in [3.8, 4) is 12.3 Å². The quantitative estimate of drug-likeness (QED) is 0.461. The standard InChI is InChI=1S/C20H20N4O2S.H2/c1-3-5-14-11-17(25)13-27-18(12-14)24-20(26)23-16-8-6-15(7-9-16)19(21)22-10-4-2;/h2,6-10,12,21H,3,5,11,13H2,1H3,(H,23,26);1H/b21-19?,22-10?,24-18-;. The molecule has 2 N–H and O–H groups in total. The third-order valence-electron chi connectivity index (χ3n) is 3.59. The topological polar surface area (TPSA) is 94.7 Å². The van der Waals surface area contributed by atoms with Gasteiger partial charge in [-0.05, 0) is 36.8 Å². The molecule has 7 heteroatoms. The van der Waals surface area contributed by atoms with Gasteiger partial charge in [0.1, 0.15) is 10.8 Å². The first-order chi connectivity index (χ1) is 13.0. The van der Waals surface area contributed by atoms with Gasteiger partial charge in [-0.3, -0.25) is 10.2 Å². The Hall–Kier alpha value is -2.98. The van der Waals surface area contributed by atoms with E-state index in [1.54, 1.807) is 24.3 Å². The number of rotatable bonds is 4. The summed E-state index contributed by atoms with van der Waals surface area (Å²) in [4.78, 5) is 31.8. The molecular weight excluding hydrogens is 360 g/mol. The van der Waals surface area contributed by atoms with Gasteiger partial charge in [0, 0.05) is 19.1 Å². The van der Waals surface area contributed by atoms with Crippen molar-refractivity contribution in [3.05, 3.63) is 41.5 Å². The van der Waals surface area contributed by atoms with Gasteiger partial charge in [0.15, 0.2) is 5.84 Å². The molecule has 6 nitrogen and oxygen atoms in total. The number of urea groups is 1. The average molecular weight is 382 g/mol. The predicted molar refractivity (Wildman–Crippen MR) is 114 cm³/mol. The van der Waals surface area contributed by atoms with Crippen molar-refractivity contribution in [2.24, 2.45) is 9.98 Å². The number of nitrogens with one attached hydrogen (secondary N) is 2. The maximum Gasteiger partial charge on any atom is 0.346 e. The van der Waals surface area contributed by atoms with Gasteiger partial charge in [0.2, 0.25) is 0 Å². The van der Waals surface area contributed by atoms with Crippen LogP contribution < -0.4 is 5.32 Å². The van der Waals surface area contributed by atoms with Gasteiger partial charge in [-0.25, -0.2) is 9.79 Å². The smallest absolute Gasteiger partial charge is 0.306 e. The van der Waals surface area contributed by atoms with E-state index in [2.05, 4.69) is 21.2 Å². The van der Waals surface area contributed by atoms with Crippen LogP contribution in [0.3, 0.4) is 0 Å². The number of aliphatic imine (C=N–C) groups is 2. The van der Waals surface area contributed by atoms with Crippen molar-refractivity contribution in [3.63, 3.8) is 0 Å². The van der Waals surface area contributed by atoms with Crippen LogP contribution in [0, 0.1) is 17.8 Å². The molecule has 1 aliphatic heterocycles. The molecule has 1 aromatic rings. The summed E-state index contributed by atoms with van der Waals surface area (Å²) in [5.41, 5.74) is 2.14. The lowest BCUT2D eigenvalue weighted by atomic mass is 10.1. The average Bonchev–Trinajstić information content (AvgIpc) is 2.81. The van der Waals surface area contributed by atoms with E-state index >= 15 is 0 Å². The first-order valence-electron chi connectivity index (χ1n) is 8.43. The molecule has 140 valence electrons. The van der Waals surface area contributed by atoms with Crippen molar-refractivity contribution in [1.82, 2.24) is 0 Å². The number of anilines is 1. The van der Waals surface area contributed by atoms with Crippen molar-refractivity contribution in [2.75, 3.05) is 11.1 Å². The van der Waals surface area contributed by atoms with E-state index in [-0.39, 0.29) is 13.0 Å². The summed E-state index contributed by atoms with van der Waals surface area (Å²) in [6, 6.07) is 6.14. The maximum atomic E-state index is 12.2. The molecule has 2 amide bonds. The van der Waals surface area contributed by atoms with Gasteiger partial charge in [-0.15, -0.1) is 6.42 Å². The molecule has 0 saturated carbocycles. The lowest BCUT2D eigenvalue weighted by Gasteiger charge is -2.04. The molecule has 0 radical (unpaired) electrons. The van der Waals surface area contributed by atoms with Gasteiger partial charge in [0.25, 0.3) is 0 Å². The molecule has 1 heterocycles. The minimum atomic E-state index is -0.507. The highest BCUT2D eigenvalue weighted by atomic mass is 32.2. The zero-order valence-corrected chi connectivity index (χ0v) is 15.8. The number of ketones is 1. The highest BCUT2D eigenvalue weighted by Gasteiger charge is 2.15. The third kappa shape index (κ3) is 6.68. The number of hydrogen-bond donors (Lipinski definition) is 2. The number of benzene rings is 1. The van der Waals surface area contributed by atoms with E-state index in [9.17, 15) is 9.59 Å². The number of Topliss-reactive ketones (excluding diaryl/α,β-unsaturated/α-hetero) is 1. The fourth-order valence-electron chi connectivity index (χ4n) is 2.41. The summed E-state index contributed by atoms with van der Waals surface area (Å²) >= 11 is 1.28. The Bertz CT molecular complexity index is 867. The fourth-order valence-corrected chi connectivity index (χ4v) is 3.22. The predicted octanol–water partition coefficient (Wildman–Crippen LogP) is 4.32. The molecule has 2 rings (SSSR count). The van der Waals surface area contributed by atoms with Crippen molar-refractivity contribution in [1.29, 1.82) is 5.41 Å². The molecular formula is C20H22N4O2S. The Kier molecular flexibility index (Phi) is 7.71. The number of thioether (sulfide) groups is 1. The van der Waals surface area contributed by atoms with E-state index in [4.69, 9.17) is 11.8 Å². The number of nitrogens with zero attached hydrogens (tertiary/aromatic N) is 2. The Balaban J connectivity index is 0.00000392. The number of terminal acetylenes is 1. The number of amides is 2. The molecule has 0 atom stereocenters. The third-order valence-corrected chi connectivity index (χ3v) is 4.56. The van der Waals surface area contributed by atoms with Crippen LogP contribution in [-0.2, 0) is 4.79 Å². The summed E-state index contributed by atoms with van der Waals surface area (Å²) in [5.74, 6) is 2.74. The van der Waals surface area contributed by atoms with Crippen molar-refractivity contribution < 1.29 is 11.0 Å². The minimum Gasteiger partial charge on any atom is -0.306 e. The van der Waals surface area contributed by atoms with Gasteiger partial charge in [-0.1, -0.05) is 36.6 Å². The Morgan fingerprint density at radius 3 is 2.85 bits per heavy atom. The van der Waals surface area contributed by atoms with E-state index in [0.29, 0.717) is 28.5 Å². The minimum absolute atomic E-state index is 0. The molecule has 0 bridgehead atoms. The number of hydrogen-bond acceptors (Lipinski definition) is 4. The SMILES string of the molecule is C#CC=NC(=N)c1ccc(NC(=O)/N=C2/C=C(CCC)CC(=O)CS2)cc1.[HH]. The lowest BCUT2D eigenvalue weighted by molar-refractivity contribution is -0.115. The second-order valence-corrected chi connectivity index (χ2v) is 6.78. The first-order valence-corrected chi connectivity index (χ1v) is 9.41. The van der Waals surface area contributed by atoms with Crippen molar-refractivity contribution >= 4 is 46.4 Å². The molecule has 27 heavy (non-hydrogen) atoms. The van der Waals surface area contributed by atoms with E-state index in [1.165, 1.54) is 18.0 Å². The molecule has 0 aromatic heterocycles. The van der Waals surface area contributed by atoms with Crippen LogP contribution in [0.1, 0.15) is 33.2 Å². The molecule has 1 aliphatic rings. The zero-order valence-electron chi connectivity index (χ0n) is 15.0. The molecule has 0 spiro atoms. The monoisotopic (exact) mass is 382 g/mol. The maximum absolute atomic E-state index is 12.2. The number of amidine groups is 1. The highest BCUT2D eigenvalue weighted by molar-refractivity contribution is 8.14.